The third-order valence-electron chi connectivity index (χ3n) is 6.42. The van der Waals surface area contributed by atoms with Gasteiger partial charge < -0.3 is 10.2 Å². The highest BCUT2D eigenvalue weighted by Gasteiger charge is 2.32. The molecule has 5 heteroatoms. The van der Waals surface area contributed by atoms with Gasteiger partial charge in [-0.05, 0) is 35.1 Å². The number of aliphatic hydroxyl groups is 2. The molecule has 0 aromatic heterocycles. The molecular weight excluding hydrogens is 416 g/mol. The Balaban J connectivity index is 1.47. The molecule has 1 aliphatic heterocycles. The highest BCUT2D eigenvalue weighted by atomic mass is 32.2. The fourth-order valence-electron chi connectivity index (χ4n) is 4.65. The van der Waals surface area contributed by atoms with E-state index in [1.54, 1.807) is 11.8 Å². The van der Waals surface area contributed by atoms with Crippen molar-refractivity contribution in [2.24, 2.45) is 0 Å². The monoisotopic (exact) mass is 448 g/mol. The molecule has 0 aliphatic carbocycles. The van der Waals surface area contributed by atoms with Crippen molar-refractivity contribution < 1.29 is 10.2 Å². The molecule has 4 nitrogen and oxygen atoms in total. The summed E-state index contributed by atoms with van der Waals surface area (Å²) in [6, 6.07) is 29.2. The predicted molar refractivity (Wildman–Crippen MR) is 132 cm³/mol. The first-order valence-electron chi connectivity index (χ1n) is 11.2. The molecule has 0 spiro atoms. The van der Waals surface area contributed by atoms with Crippen LogP contribution in [0.5, 0.6) is 0 Å². The van der Waals surface area contributed by atoms with Crippen molar-refractivity contribution >= 4 is 11.8 Å². The average Bonchev–Trinajstić information content (AvgIpc) is 2.87. The minimum absolute atomic E-state index is 0.0632. The van der Waals surface area contributed by atoms with Crippen LogP contribution in [-0.2, 0) is 0 Å². The van der Waals surface area contributed by atoms with Crippen LogP contribution in [-0.4, -0.2) is 65.1 Å². The zero-order valence-electron chi connectivity index (χ0n) is 18.5. The maximum absolute atomic E-state index is 11.0. The minimum atomic E-state index is -0.707. The minimum Gasteiger partial charge on any atom is -0.395 e. The molecule has 0 saturated carbocycles. The van der Waals surface area contributed by atoms with Gasteiger partial charge in [-0.2, -0.15) is 0 Å². The number of thioether (sulfide) groups is 1. The van der Waals surface area contributed by atoms with Crippen LogP contribution in [0.2, 0.25) is 0 Å². The van der Waals surface area contributed by atoms with Gasteiger partial charge in [-0.3, -0.25) is 9.80 Å². The summed E-state index contributed by atoms with van der Waals surface area (Å²) in [7, 11) is 0. The van der Waals surface area contributed by atoms with Gasteiger partial charge in [0.1, 0.15) is 0 Å². The molecule has 3 aromatic carbocycles. The van der Waals surface area contributed by atoms with Crippen LogP contribution in [0.25, 0.3) is 0 Å². The van der Waals surface area contributed by atoms with Gasteiger partial charge in [-0.1, -0.05) is 72.8 Å². The molecular formula is C27H32N2O2S. The molecule has 1 heterocycles. The van der Waals surface area contributed by atoms with E-state index < -0.39 is 6.10 Å². The molecule has 1 aliphatic rings. The molecule has 4 rings (SSSR count). The van der Waals surface area contributed by atoms with Crippen LogP contribution in [0, 0.1) is 0 Å². The van der Waals surface area contributed by atoms with Crippen molar-refractivity contribution in [3.8, 4) is 0 Å². The summed E-state index contributed by atoms with van der Waals surface area (Å²) >= 11 is 1.68. The van der Waals surface area contributed by atoms with Crippen molar-refractivity contribution in [2.75, 3.05) is 39.0 Å². The molecule has 0 unspecified atom stereocenters. The number of aliphatic hydroxyl groups excluding tert-OH is 2. The second-order valence-corrected chi connectivity index (χ2v) is 9.14. The van der Waals surface area contributed by atoms with E-state index >= 15 is 0 Å². The van der Waals surface area contributed by atoms with E-state index in [0.29, 0.717) is 0 Å². The highest BCUT2D eigenvalue weighted by molar-refractivity contribution is 7.98. The number of nitrogens with zero attached hydrogens (tertiary/aromatic N) is 2. The Kier molecular flexibility index (Phi) is 8.00. The first kappa shape index (κ1) is 23.0. The molecule has 1 fully saturated rings. The Labute approximate surface area is 195 Å². The zero-order valence-corrected chi connectivity index (χ0v) is 19.4. The molecule has 32 heavy (non-hydrogen) atoms. The Hall–Kier alpha value is -2.15. The lowest BCUT2D eigenvalue weighted by atomic mass is 9.96. The maximum Gasteiger partial charge on any atom is 0.0967 e. The van der Waals surface area contributed by atoms with Gasteiger partial charge in [0.15, 0.2) is 0 Å². The number of rotatable bonds is 8. The van der Waals surface area contributed by atoms with E-state index in [0.717, 1.165) is 31.7 Å². The van der Waals surface area contributed by atoms with Crippen LogP contribution >= 0.6 is 11.8 Å². The number of benzene rings is 3. The van der Waals surface area contributed by atoms with Crippen molar-refractivity contribution in [1.29, 1.82) is 0 Å². The fourth-order valence-corrected chi connectivity index (χ4v) is 5.06. The quantitative estimate of drug-likeness (QED) is 0.506. The standard InChI is InChI=1S/C27H32N2O2S/c1-32-24-14-12-23(13-15-24)27(31)25(20-30)28-16-18-29(19-17-28)26(21-8-4-2-5-9-21)22-10-6-3-7-11-22/h2-15,25-27,30-31H,16-20H2,1H3/t25-,27-/m0/s1. The number of hydrogen-bond donors (Lipinski definition) is 2. The predicted octanol–water partition coefficient (Wildman–Crippen LogP) is 4.21. The van der Waals surface area contributed by atoms with Gasteiger partial charge in [0.25, 0.3) is 0 Å². The van der Waals surface area contributed by atoms with E-state index in [9.17, 15) is 10.2 Å². The van der Waals surface area contributed by atoms with E-state index in [1.165, 1.54) is 16.0 Å². The van der Waals surface area contributed by atoms with Gasteiger partial charge in [-0.15, -0.1) is 11.8 Å². The molecule has 2 N–H and O–H groups in total. The van der Waals surface area contributed by atoms with Crippen LogP contribution in [0.4, 0.5) is 0 Å². The lowest BCUT2D eigenvalue weighted by Crippen LogP contribution is -2.53. The second kappa shape index (κ2) is 11.1. The third kappa shape index (κ3) is 5.25. The van der Waals surface area contributed by atoms with Crippen molar-refractivity contribution in [2.45, 2.75) is 23.1 Å². The van der Waals surface area contributed by atoms with Gasteiger partial charge in [0.2, 0.25) is 0 Å². The van der Waals surface area contributed by atoms with Crippen molar-refractivity contribution in [1.82, 2.24) is 9.80 Å². The maximum atomic E-state index is 11.0. The SMILES string of the molecule is CSc1ccc([C@H](O)[C@H](CO)N2CCN(C(c3ccccc3)c3ccccc3)CC2)cc1. The molecule has 168 valence electrons. The molecule has 0 amide bonds. The van der Waals surface area contributed by atoms with E-state index in [1.807, 2.05) is 30.5 Å². The van der Waals surface area contributed by atoms with Crippen LogP contribution in [0.3, 0.4) is 0 Å². The van der Waals surface area contributed by atoms with Crippen LogP contribution in [0.15, 0.2) is 89.8 Å². The third-order valence-corrected chi connectivity index (χ3v) is 7.17. The topological polar surface area (TPSA) is 46.9 Å². The highest BCUT2D eigenvalue weighted by Crippen LogP contribution is 2.31. The Morgan fingerprint density at radius 1 is 0.719 bits per heavy atom. The first-order chi connectivity index (χ1) is 15.7. The van der Waals surface area contributed by atoms with Crippen LogP contribution in [0.1, 0.15) is 28.8 Å². The van der Waals surface area contributed by atoms with Gasteiger partial charge in [0.05, 0.1) is 24.8 Å². The molecule has 3 aromatic rings. The summed E-state index contributed by atoms with van der Waals surface area (Å²) in [5.41, 5.74) is 3.44. The van der Waals surface area contributed by atoms with E-state index in [-0.39, 0.29) is 18.7 Å². The van der Waals surface area contributed by atoms with Crippen molar-refractivity contribution in [3.05, 3.63) is 102 Å². The molecule has 0 radical (unpaired) electrons. The van der Waals surface area contributed by atoms with Gasteiger partial charge >= 0.3 is 0 Å². The smallest absolute Gasteiger partial charge is 0.0967 e. The second-order valence-electron chi connectivity index (χ2n) is 8.26. The fraction of sp³-hybridized carbons (Fsp3) is 0.333. The normalized spacial score (nSPS) is 17.4. The lowest BCUT2D eigenvalue weighted by Gasteiger charge is -2.43. The van der Waals surface area contributed by atoms with E-state index in [2.05, 4.69) is 70.5 Å². The zero-order chi connectivity index (χ0) is 22.3. The molecule has 1 saturated heterocycles. The van der Waals surface area contributed by atoms with Gasteiger partial charge in [-0.25, -0.2) is 0 Å². The number of piperazine rings is 1. The van der Waals surface area contributed by atoms with Crippen LogP contribution < -0.4 is 0 Å². The molecule has 0 bridgehead atoms. The Morgan fingerprint density at radius 2 is 1.22 bits per heavy atom. The average molecular weight is 449 g/mol. The Bertz CT molecular complexity index is 905. The summed E-state index contributed by atoms with van der Waals surface area (Å²) in [5.74, 6) is 0. The van der Waals surface area contributed by atoms with Gasteiger partial charge in [0, 0.05) is 31.1 Å². The summed E-state index contributed by atoms with van der Waals surface area (Å²) < 4.78 is 0. The van der Waals surface area contributed by atoms with E-state index in [4.69, 9.17) is 0 Å². The van der Waals surface area contributed by atoms with Crippen molar-refractivity contribution in [3.63, 3.8) is 0 Å². The summed E-state index contributed by atoms with van der Waals surface area (Å²) in [6.07, 6.45) is 1.33. The lowest BCUT2D eigenvalue weighted by molar-refractivity contribution is -0.0130. The summed E-state index contributed by atoms with van der Waals surface area (Å²) in [4.78, 5) is 5.91. The Morgan fingerprint density at radius 3 is 1.69 bits per heavy atom. The summed E-state index contributed by atoms with van der Waals surface area (Å²) in [6.45, 7) is 3.31. The molecule has 2 atom stereocenters. The largest absolute Gasteiger partial charge is 0.395 e. The summed E-state index contributed by atoms with van der Waals surface area (Å²) in [5, 5.41) is 21.1. The first-order valence-corrected chi connectivity index (χ1v) is 12.4. The number of hydrogen-bond acceptors (Lipinski definition) is 5.